The number of hydrogen-bond acceptors (Lipinski definition) is 5. The predicted octanol–water partition coefficient (Wildman–Crippen LogP) is 4.12. The summed E-state index contributed by atoms with van der Waals surface area (Å²) in [6.07, 6.45) is 0. The molecule has 0 amide bonds. The van der Waals surface area contributed by atoms with E-state index in [9.17, 15) is 10.1 Å². The number of nitrogens with zero attached hydrogens (tertiary/aromatic N) is 1. The molecule has 27 heavy (non-hydrogen) atoms. The van der Waals surface area contributed by atoms with Gasteiger partial charge in [-0.1, -0.05) is 54.1 Å². The summed E-state index contributed by atoms with van der Waals surface area (Å²) in [5.41, 5.74) is 7.71. The Balaban J connectivity index is 2.28. The molecule has 0 bridgehead atoms. The van der Waals surface area contributed by atoms with Crippen LogP contribution in [-0.2, 0) is 14.3 Å². The van der Waals surface area contributed by atoms with Crippen molar-refractivity contribution in [2.75, 3.05) is 6.61 Å². The number of hydrogen-bond donors (Lipinski definition) is 1. The molecule has 1 aliphatic rings. The van der Waals surface area contributed by atoms with Crippen molar-refractivity contribution in [2.24, 2.45) is 5.73 Å². The van der Waals surface area contributed by atoms with Gasteiger partial charge in [-0.05, 0) is 24.6 Å². The zero-order chi connectivity index (χ0) is 19.4. The normalized spacial score (nSPS) is 16.6. The topological polar surface area (TPSA) is 85.3 Å². The first kappa shape index (κ1) is 18.6. The molecule has 1 aliphatic heterocycles. The Morgan fingerprint density at radius 3 is 2.63 bits per heavy atom. The second-order valence-corrected chi connectivity index (χ2v) is 6.25. The van der Waals surface area contributed by atoms with Crippen molar-refractivity contribution < 1.29 is 14.3 Å². The van der Waals surface area contributed by atoms with E-state index in [1.54, 1.807) is 43.3 Å². The minimum atomic E-state index is -0.739. The summed E-state index contributed by atoms with van der Waals surface area (Å²) in [5.74, 6) is -1.08. The van der Waals surface area contributed by atoms with Gasteiger partial charge in [-0.2, -0.15) is 5.26 Å². The molecule has 0 radical (unpaired) electrons. The van der Waals surface area contributed by atoms with Gasteiger partial charge in [-0.3, -0.25) is 0 Å². The molecule has 1 atom stereocenters. The van der Waals surface area contributed by atoms with Crippen molar-refractivity contribution in [2.45, 2.75) is 12.8 Å². The van der Waals surface area contributed by atoms with Gasteiger partial charge >= 0.3 is 5.97 Å². The lowest BCUT2D eigenvalue weighted by atomic mass is 9.82. The summed E-state index contributed by atoms with van der Waals surface area (Å²) >= 11 is 6.14. The second-order valence-electron chi connectivity index (χ2n) is 5.81. The fourth-order valence-electron chi connectivity index (χ4n) is 3.00. The average Bonchev–Trinajstić information content (AvgIpc) is 2.68. The predicted molar refractivity (Wildman–Crippen MR) is 102 cm³/mol. The molecule has 0 fully saturated rings. The summed E-state index contributed by atoms with van der Waals surface area (Å²) in [6, 6.07) is 18.1. The van der Waals surface area contributed by atoms with Gasteiger partial charge in [0.2, 0.25) is 5.88 Å². The van der Waals surface area contributed by atoms with Crippen LogP contribution in [0, 0.1) is 11.3 Å². The molecular formula is C21H17ClN2O3. The van der Waals surface area contributed by atoms with Crippen LogP contribution < -0.4 is 5.73 Å². The first-order valence-corrected chi connectivity index (χ1v) is 8.74. The molecule has 0 aliphatic carbocycles. The van der Waals surface area contributed by atoms with Gasteiger partial charge < -0.3 is 15.2 Å². The van der Waals surface area contributed by atoms with Crippen molar-refractivity contribution in [1.82, 2.24) is 0 Å². The number of allylic oxidation sites excluding steroid dienone is 1. The van der Waals surface area contributed by atoms with Crippen LogP contribution in [0.15, 0.2) is 71.6 Å². The van der Waals surface area contributed by atoms with Crippen molar-refractivity contribution in [3.63, 3.8) is 0 Å². The standard InChI is InChI=1S/C21H17ClN2O3/c1-2-26-21(25)18-17(14-9-6-10-15(22)11-14)16(12-23)20(24)27-19(18)13-7-4-3-5-8-13/h3-11,17H,2,24H2,1H3/t17-/m1/s1. The summed E-state index contributed by atoms with van der Waals surface area (Å²) in [5, 5.41) is 10.2. The van der Waals surface area contributed by atoms with Crippen molar-refractivity contribution in [3.05, 3.63) is 87.8 Å². The maximum Gasteiger partial charge on any atom is 0.338 e. The molecule has 2 aromatic rings. The number of carbonyl (C=O) groups is 1. The van der Waals surface area contributed by atoms with E-state index >= 15 is 0 Å². The summed E-state index contributed by atoms with van der Waals surface area (Å²) < 4.78 is 11.0. The molecule has 0 saturated heterocycles. The van der Waals surface area contributed by atoms with Gasteiger partial charge in [0.1, 0.15) is 17.4 Å². The third-order valence-corrected chi connectivity index (χ3v) is 4.37. The lowest BCUT2D eigenvalue weighted by Gasteiger charge is -2.28. The van der Waals surface area contributed by atoms with Crippen LogP contribution in [0.25, 0.3) is 5.76 Å². The Morgan fingerprint density at radius 1 is 1.26 bits per heavy atom. The van der Waals surface area contributed by atoms with Gasteiger partial charge in [-0.25, -0.2) is 4.79 Å². The molecule has 136 valence electrons. The maximum absolute atomic E-state index is 12.9. The molecule has 0 saturated carbocycles. The minimum absolute atomic E-state index is 0.0469. The molecule has 0 spiro atoms. The third kappa shape index (κ3) is 3.67. The number of halogens is 1. The van der Waals surface area contributed by atoms with E-state index in [2.05, 4.69) is 6.07 Å². The van der Waals surface area contributed by atoms with E-state index in [0.29, 0.717) is 16.1 Å². The van der Waals surface area contributed by atoms with E-state index < -0.39 is 11.9 Å². The summed E-state index contributed by atoms with van der Waals surface area (Å²) in [7, 11) is 0. The van der Waals surface area contributed by atoms with Crippen LogP contribution >= 0.6 is 11.6 Å². The van der Waals surface area contributed by atoms with Crippen LogP contribution in [0.3, 0.4) is 0 Å². The van der Waals surface area contributed by atoms with Crippen LogP contribution in [0.2, 0.25) is 5.02 Å². The van der Waals surface area contributed by atoms with Crippen LogP contribution in [-0.4, -0.2) is 12.6 Å². The molecule has 6 heteroatoms. The number of benzene rings is 2. The van der Waals surface area contributed by atoms with Gasteiger partial charge in [0.25, 0.3) is 0 Å². The molecule has 3 rings (SSSR count). The van der Waals surface area contributed by atoms with E-state index in [-0.39, 0.29) is 29.4 Å². The smallest absolute Gasteiger partial charge is 0.338 e. The number of carbonyl (C=O) groups excluding carboxylic acids is 1. The second kappa shape index (κ2) is 7.98. The van der Waals surface area contributed by atoms with Crippen LogP contribution in [0.1, 0.15) is 24.0 Å². The minimum Gasteiger partial charge on any atom is -0.463 e. The Kier molecular flexibility index (Phi) is 5.49. The Bertz CT molecular complexity index is 974. The van der Waals surface area contributed by atoms with E-state index in [0.717, 1.165) is 0 Å². The Labute approximate surface area is 162 Å². The number of rotatable bonds is 4. The first-order chi connectivity index (χ1) is 13.1. The summed E-state index contributed by atoms with van der Waals surface area (Å²) in [4.78, 5) is 12.9. The highest BCUT2D eigenvalue weighted by atomic mass is 35.5. The van der Waals surface area contributed by atoms with Crippen LogP contribution in [0.5, 0.6) is 0 Å². The first-order valence-electron chi connectivity index (χ1n) is 8.36. The number of nitriles is 1. The molecule has 0 aromatic heterocycles. The molecule has 2 N–H and O–H groups in total. The van der Waals surface area contributed by atoms with Gasteiger partial charge in [-0.15, -0.1) is 0 Å². The zero-order valence-electron chi connectivity index (χ0n) is 14.6. The maximum atomic E-state index is 12.9. The highest BCUT2D eigenvalue weighted by Gasteiger charge is 2.38. The highest BCUT2D eigenvalue weighted by molar-refractivity contribution is 6.30. The van der Waals surface area contributed by atoms with E-state index in [1.165, 1.54) is 0 Å². The zero-order valence-corrected chi connectivity index (χ0v) is 15.4. The lowest BCUT2D eigenvalue weighted by Crippen LogP contribution is -2.25. The van der Waals surface area contributed by atoms with Gasteiger partial charge in [0.15, 0.2) is 0 Å². The van der Waals surface area contributed by atoms with Crippen molar-refractivity contribution in [1.29, 1.82) is 5.26 Å². The Morgan fingerprint density at radius 2 is 2.00 bits per heavy atom. The molecule has 2 aromatic carbocycles. The molecular weight excluding hydrogens is 364 g/mol. The quantitative estimate of drug-likeness (QED) is 0.806. The third-order valence-electron chi connectivity index (χ3n) is 4.13. The van der Waals surface area contributed by atoms with E-state index in [1.807, 2.05) is 18.2 Å². The largest absolute Gasteiger partial charge is 0.463 e. The van der Waals surface area contributed by atoms with Crippen molar-refractivity contribution in [3.8, 4) is 6.07 Å². The molecule has 0 unspecified atom stereocenters. The molecule has 5 nitrogen and oxygen atoms in total. The Hall–Kier alpha value is -3.23. The van der Waals surface area contributed by atoms with Crippen LogP contribution in [0.4, 0.5) is 0 Å². The molecule has 1 heterocycles. The number of ether oxygens (including phenoxy) is 2. The summed E-state index contributed by atoms with van der Waals surface area (Å²) in [6.45, 7) is 1.90. The van der Waals surface area contributed by atoms with Gasteiger partial charge in [0.05, 0.1) is 18.1 Å². The number of esters is 1. The number of nitrogens with two attached hydrogens (primary N) is 1. The monoisotopic (exact) mass is 380 g/mol. The fourth-order valence-corrected chi connectivity index (χ4v) is 3.20. The van der Waals surface area contributed by atoms with Gasteiger partial charge in [0, 0.05) is 10.6 Å². The average molecular weight is 381 g/mol. The highest BCUT2D eigenvalue weighted by Crippen LogP contribution is 2.43. The fraction of sp³-hybridized carbons (Fsp3) is 0.143. The van der Waals surface area contributed by atoms with E-state index in [4.69, 9.17) is 26.8 Å². The van der Waals surface area contributed by atoms with Crippen molar-refractivity contribution >= 4 is 23.3 Å². The lowest BCUT2D eigenvalue weighted by molar-refractivity contribution is -0.138. The SMILES string of the molecule is CCOC(=O)C1=C(c2ccccc2)OC(N)=C(C#N)[C@H]1c1cccc(Cl)c1.